The van der Waals surface area contributed by atoms with E-state index in [1.807, 2.05) is 12.3 Å². The van der Waals surface area contributed by atoms with Crippen molar-refractivity contribution in [3.05, 3.63) is 71.9 Å². The number of aromatic nitrogens is 2. The topological polar surface area (TPSA) is 44.3 Å². The van der Waals surface area contributed by atoms with Crippen molar-refractivity contribution >= 4 is 23.1 Å². The molecule has 1 aromatic heterocycles. The first-order chi connectivity index (χ1) is 13.2. The van der Waals surface area contributed by atoms with Crippen LogP contribution in [0.2, 0.25) is 0 Å². The van der Waals surface area contributed by atoms with Crippen LogP contribution in [0.4, 0.5) is 23.1 Å². The summed E-state index contributed by atoms with van der Waals surface area (Å²) in [4.78, 5) is 13.9. The summed E-state index contributed by atoms with van der Waals surface area (Å²) in [7, 11) is 0. The van der Waals surface area contributed by atoms with Crippen LogP contribution >= 0.6 is 0 Å². The fraction of sp³-hybridized carbons (Fsp3) is 0.273. The summed E-state index contributed by atoms with van der Waals surface area (Å²) in [5.74, 6) is 1.62. The van der Waals surface area contributed by atoms with Crippen molar-refractivity contribution in [2.45, 2.75) is 13.8 Å². The summed E-state index contributed by atoms with van der Waals surface area (Å²) >= 11 is 0. The van der Waals surface area contributed by atoms with Crippen molar-refractivity contribution in [1.29, 1.82) is 0 Å². The highest BCUT2D eigenvalue weighted by molar-refractivity contribution is 5.61. The molecule has 1 N–H and O–H groups in total. The normalized spacial score (nSPS) is 14.3. The molecule has 27 heavy (non-hydrogen) atoms. The van der Waals surface area contributed by atoms with Crippen molar-refractivity contribution in [3.63, 3.8) is 0 Å². The Morgan fingerprint density at radius 3 is 2.33 bits per heavy atom. The maximum absolute atomic E-state index is 4.74. The molecule has 4 rings (SSSR count). The maximum Gasteiger partial charge on any atom is 0.227 e. The average Bonchev–Trinajstić information content (AvgIpc) is 2.71. The number of benzene rings is 2. The van der Waals surface area contributed by atoms with Gasteiger partial charge in [-0.3, -0.25) is 0 Å². The molecule has 0 amide bonds. The van der Waals surface area contributed by atoms with Crippen LogP contribution in [0, 0.1) is 13.8 Å². The molecule has 1 saturated heterocycles. The number of hydrogen-bond donors (Lipinski definition) is 1. The van der Waals surface area contributed by atoms with Gasteiger partial charge in [-0.2, -0.15) is 4.98 Å². The van der Waals surface area contributed by atoms with Crippen LogP contribution in [0.1, 0.15) is 11.1 Å². The Bertz CT molecular complexity index is 902. The number of hydrogen-bond acceptors (Lipinski definition) is 5. The van der Waals surface area contributed by atoms with Gasteiger partial charge in [0.15, 0.2) is 0 Å². The Hall–Kier alpha value is -3.08. The predicted molar refractivity (Wildman–Crippen MR) is 112 cm³/mol. The summed E-state index contributed by atoms with van der Waals surface area (Å²) < 4.78 is 0. The van der Waals surface area contributed by atoms with Gasteiger partial charge >= 0.3 is 0 Å². The van der Waals surface area contributed by atoms with Crippen molar-refractivity contribution in [3.8, 4) is 0 Å². The number of rotatable bonds is 4. The van der Waals surface area contributed by atoms with Gasteiger partial charge in [-0.05, 0) is 43.7 Å². The first-order valence-corrected chi connectivity index (χ1v) is 9.41. The third kappa shape index (κ3) is 4.03. The van der Waals surface area contributed by atoms with E-state index in [0.29, 0.717) is 0 Å². The van der Waals surface area contributed by atoms with Crippen molar-refractivity contribution in [1.82, 2.24) is 9.97 Å². The number of aryl methyl sites for hydroxylation is 2. The fourth-order valence-corrected chi connectivity index (χ4v) is 3.47. The van der Waals surface area contributed by atoms with E-state index in [1.54, 1.807) is 0 Å². The minimum atomic E-state index is 0.789. The van der Waals surface area contributed by atoms with Gasteiger partial charge in [0.25, 0.3) is 0 Å². The largest absolute Gasteiger partial charge is 0.368 e. The Labute approximate surface area is 160 Å². The van der Waals surface area contributed by atoms with Gasteiger partial charge < -0.3 is 15.1 Å². The highest BCUT2D eigenvalue weighted by Gasteiger charge is 2.19. The molecule has 2 heterocycles. The van der Waals surface area contributed by atoms with Crippen LogP contribution in [0.15, 0.2) is 60.8 Å². The second-order valence-corrected chi connectivity index (χ2v) is 6.99. The minimum absolute atomic E-state index is 0.789. The summed E-state index contributed by atoms with van der Waals surface area (Å²) in [5.41, 5.74) is 4.84. The molecule has 0 radical (unpaired) electrons. The standard InChI is InChI=1S/C22H25N5/c1-17-8-9-20(18(2)16-17)24-21-10-11-23-22(25-21)27-14-12-26(13-15-27)19-6-4-3-5-7-19/h3-11,16H,12-15H2,1-2H3,(H,23,24,25). The molecule has 0 bridgehead atoms. The molecule has 1 aliphatic heterocycles. The number of nitrogens with one attached hydrogen (secondary N) is 1. The first kappa shape index (κ1) is 17.3. The lowest BCUT2D eigenvalue weighted by Gasteiger charge is -2.36. The van der Waals surface area contributed by atoms with E-state index in [4.69, 9.17) is 4.98 Å². The molecule has 0 aliphatic carbocycles. The van der Waals surface area contributed by atoms with Crippen molar-refractivity contribution < 1.29 is 0 Å². The van der Waals surface area contributed by atoms with Gasteiger partial charge in [0.1, 0.15) is 5.82 Å². The lowest BCUT2D eigenvalue weighted by atomic mass is 10.1. The monoisotopic (exact) mass is 359 g/mol. The lowest BCUT2D eigenvalue weighted by Crippen LogP contribution is -2.47. The van der Waals surface area contributed by atoms with Crippen LogP contribution in [0.25, 0.3) is 0 Å². The third-order valence-electron chi connectivity index (χ3n) is 4.97. The molecule has 5 heteroatoms. The Morgan fingerprint density at radius 2 is 1.59 bits per heavy atom. The average molecular weight is 359 g/mol. The van der Waals surface area contributed by atoms with E-state index in [0.717, 1.165) is 43.6 Å². The fourth-order valence-electron chi connectivity index (χ4n) is 3.47. The van der Waals surface area contributed by atoms with Gasteiger partial charge in [-0.25, -0.2) is 4.98 Å². The molecule has 0 saturated carbocycles. The SMILES string of the molecule is Cc1ccc(Nc2ccnc(N3CCN(c4ccccc4)CC3)n2)c(C)c1. The molecule has 3 aromatic rings. The molecule has 0 unspecified atom stereocenters. The lowest BCUT2D eigenvalue weighted by molar-refractivity contribution is 0.640. The van der Waals surface area contributed by atoms with Crippen LogP contribution in [-0.2, 0) is 0 Å². The Balaban J connectivity index is 1.44. The number of para-hydroxylation sites is 1. The third-order valence-corrected chi connectivity index (χ3v) is 4.97. The van der Waals surface area contributed by atoms with E-state index in [2.05, 4.69) is 82.5 Å². The maximum atomic E-state index is 4.74. The van der Waals surface area contributed by atoms with Gasteiger partial charge in [-0.1, -0.05) is 35.9 Å². The van der Waals surface area contributed by atoms with Crippen LogP contribution in [0.3, 0.4) is 0 Å². The van der Waals surface area contributed by atoms with Gasteiger partial charge in [0, 0.05) is 43.8 Å². The smallest absolute Gasteiger partial charge is 0.227 e. The zero-order chi connectivity index (χ0) is 18.6. The highest BCUT2D eigenvalue weighted by atomic mass is 15.3. The van der Waals surface area contributed by atoms with E-state index < -0.39 is 0 Å². The molecule has 2 aromatic carbocycles. The quantitative estimate of drug-likeness (QED) is 0.758. The second kappa shape index (κ2) is 7.66. The predicted octanol–water partition coefficient (Wildman–Crippen LogP) is 4.16. The molecule has 5 nitrogen and oxygen atoms in total. The first-order valence-electron chi connectivity index (χ1n) is 9.41. The van der Waals surface area contributed by atoms with Crippen molar-refractivity contribution in [2.24, 2.45) is 0 Å². The summed E-state index contributed by atoms with van der Waals surface area (Å²) in [6.45, 7) is 8.00. The molecule has 0 spiro atoms. The van der Waals surface area contributed by atoms with E-state index in [9.17, 15) is 0 Å². The van der Waals surface area contributed by atoms with Crippen LogP contribution in [0.5, 0.6) is 0 Å². The molecule has 0 atom stereocenters. The van der Waals surface area contributed by atoms with Gasteiger partial charge in [0.2, 0.25) is 5.95 Å². The molecular weight excluding hydrogens is 334 g/mol. The van der Waals surface area contributed by atoms with Gasteiger partial charge in [-0.15, -0.1) is 0 Å². The molecule has 1 fully saturated rings. The van der Waals surface area contributed by atoms with Crippen molar-refractivity contribution in [2.75, 3.05) is 41.3 Å². The van der Waals surface area contributed by atoms with Gasteiger partial charge in [0.05, 0.1) is 0 Å². The zero-order valence-corrected chi connectivity index (χ0v) is 15.9. The van der Waals surface area contributed by atoms with E-state index in [-0.39, 0.29) is 0 Å². The molecule has 1 aliphatic rings. The highest BCUT2D eigenvalue weighted by Crippen LogP contribution is 2.22. The van der Waals surface area contributed by atoms with E-state index in [1.165, 1.54) is 16.8 Å². The summed E-state index contributed by atoms with van der Waals surface area (Å²) in [6, 6.07) is 18.9. The molecular formula is C22H25N5. The summed E-state index contributed by atoms with van der Waals surface area (Å²) in [6.07, 6.45) is 1.83. The number of anilines is 4. The zero-order valence-electron chi connectivity index (χ0n) is 15.9. The van der Waals surface area contributed by atoms with Crippen LogP contribution < -0.4 is 15.1 Å². The minimum Gasteiger partial charge on any atom is -0.368 e. The number of nitrogens with zero attached hydrogens (tertiary/aromatic N) is 4. The Morgan fingerprint density at radius 1 is 0.852 bits per heavy atom. The second-order valence-electron chi connectivity index (χ2n) is 6.99. The van der Waals surface area contributed by atoms with Crippen LogP contribution in [-0.4, -0.2) is 36.1 Å². The van der Waals surface area contributed by atoms with E-state index >= 15 is 0 Å². The number of piperazine rings is 1. The Kier molecular flexibility index (Phi) is 4.92. The summed E-state index contributed by atoms with van der Waals surface area (Å²) in [5, 5.41) is 3.43. The molecule has 138 valence electrons.